The van der Waals surface area contributed by atoms with E-state index in [9.17, 15) is 5.11 Å². The minimum Gasteiger partial charge on any atom is -0.492 e. The van der Waals surface area contributed by atoms with Gasteiger partial charge in [0, 0.05) is 36.7 Å². The fraction of sp³-hybridized carbons (Fsp3) is 0.571. The van der Waals surface area contributed by atoms with Crippen LogP contribution in [0.5, 0.6) is 5.75 Å². The molecule has 5 heteroatoms. The Morgan fingerprint density at radius 3 is 2.84 bits per heavy atom. The summed E-state index contributed by atoms with van der Waals surface area (Å²) in [5.74, 6) is 0.827. The zero-order valence-corrected chi connectivity index (χ0v) is 11.9. The second-order valence-electron chi connectivity index (χ2n) is 4.94. The van der Waals surface area contributed by atoms with Gasteiger partial charge in [0.05, 0.1) is 6.61 Å². The topological polar surface area (TPSA) is 44.7 Å². The molecule has 106 valence electrons. The average Bonchev–Trinajstić information content (AvgIpc) is 2.41. The lowest BCUT2D eigenvalue weighted by Gasteiger charge is -2.38. The third kappa shape index (κ3) is 4.35. The van der Waals surface area contributed by atoms with Gasteiger partial charge in [-0.2, -0.15) is 0 Å². The van der Waals surface area contributed by atoms with Gasteiger partial charge in [0.15, 0.2) is 0 Å². The highest BCUT2D eigenvalue weighted by Gasteiger charge is 2.24. The molecule has 0 aliphatic carbocycles. The minimum absolute atomic E-state index is 0.181. The fourth-order valence-electron chi connectivity index (χ4n) is 2.30. The molecule has 4 nitrogen and oxygen atoms in total. The van der Waals surface area contributed by atoms with E-state index in [2.05, 4.69) is 17.1 Å². The molecule has 2 N–H and O–H groups in total. The Kier molecular flexibility index (Phi) is 5.45. The molecule has 0 spiro atoms. The van der Waals surface area contributed by atoms with Crippen LogP contribution in [0.4, 0.5) is 0 Å². The van der Waals surface area contributed by atoms with Crippen LogP contribution in [0, 0.1) is 0 Å². The SMILES string of the molecule is CC1CN(CCOc2ccc(Cl)cc2)C(CO)CN1. The number of aliphatic hydroxyl groups is 1. The molecule has 2 unspecified atom stereocenters. The van der Waals surface area contributed by atoms with Crippen molar-refractivity contribution in [3.8, 4) is 5.75 Å². The molecular weight excluding hydrogens is 264 g/mol. The summed E-state index contributed by atoms with van der Waals surface area (Å²) in [6.45, 7) is 5.54. The maximum Gasteiger partial charge on any atom is 0.119 e. The first-order chi connectivity index (χ1) is 9.19. The van der Waals surface area contributed by atoms with Gasteiger partial charge in [0.25, 0.3) is 0 Å². The lowest BCUT2D eigenvalue weighted by atomic mass is 10.1. The number of piperazine rings is 1. The number of rotatable bonds is 5. The lowest BCUT2D eigenvalue weighted by Crippen LogP contribution is -2.57. The van der Waals surface area contributed by atoms with Crippen molar-refractivity contribution >= 4 is 11.6 Å². The molecule has 2 rings (SSSR count). The van der Waals surface area contributed by atoms with E-state index in [1.165, 1.54) is 0 Å². The van der Waals surface area contributed by atoms with Gasteiger partial charge >= 0.3 is 0 Å². The van der Waals surface area contributed by atoms with Crippen molar-refractivity contribution in [3.63, 3.8) is 0 Å². The Hall–Kier alpha value is -0.810. The maximum atomic E-state index is 9.36. The highest BCUT2D eigenvalue weighted by atomic mass is 35.5. The fourth-order valence-corrected chi connectivity index (χ4v) is 2.42. The van der Waals surface area contributed by atoms with Crippen LogP contribution in [0.25, 0.3) is 0 Å². The quantitative estimate of drug-likeness (QED) is 0.857. The van der Waals surface area contributed by atoms with Crippen molar-refractivity contribution in [1.29, 1.82) is 0 Å². The Labute approximate surface area is 119 Å². The number of halogens is 1. The molecule has 19 heavy (non-hydrogen) atoms. The second kappa shape index (κ2) is 7.10. The zero-order valence-electron chi connectivity index (χ0n) is 11.2. The van der Waals surface area contributed by atoms with Gasteiger partial charge in [-0.05, 0) is 31.2 Å². The lowest BCUT2D eigenvalue weighted by molar-refractivity contribution is 0.0718. The molecule has 2 atom stereocenters. The molecular formula is C14H21ClN2O2. The summed E-state index contributed by atoms with van der Waals surface area (Å²) in [7, 11) is 0. The monoisotopic (exact) mass is 284 g/mol. The molecule has 0 amide bonds. The van der Waals surface area contributed by atoms with E-state index in [-0.39, 0.29) is 12.6 Å². The Morgan fingerprint density at radius 2 is 2.16 bits per heavy atom. The van der Waals surface area contributed by atoms with Gasteiger partial charge < -0.3 is 15.2 Å². The van der Waals surface area contributed by atoms with E-state index in [0.29, 0.717) is 17.7 Å². The third-order valence-corrected chi connectivity index (χ3v) is 3.65. The molecule has 1 aliphatic heterocycles. The molecule has 0 saturated carbocycles. The van der Waals surface area contributed by atoms with Crippen molar-refractivity contribution in [3.05, 3.63) is 29.3 Å². The average molecular weight is 285 g/mol. The van der Waals surface area contributed by atoms with E-state index in [4.69, 9.17) is 16.3 Å². The van der Waals surface area contributed by atoms with Crippen molar-refractivity contribution < 1.29 is 9.84 Å². The summed E-state index contributed by atoms with van der Waals surface area (Å²) >= 11 is 5.82. The molecule has 1 heterocycles. The molecule has 0 bridgehead atoms. The van der Waals surface area contributed by atoms with Crippen LogP contribution in [0.3, 0.4) is 0 Å². The standard InChI is InChI=1S/C14H21ClN2O2/c1-11-9-17(13(10-18)8-16-11)6-7-19-14-4-2-12(15)3-5-14/h2-5,11,13,16,18H,6-10H2,1H3. The van der Waals surface area contributed by atoms with Gasteiger partial charge in [0.2, 0.25) is 0 Å². The molecule has 1 aromatic carbocycles. The first-order valence-electron chi connectivity index (χ1n) is 6.65. The van der Waals surface area contributed by atoms with Gasteiger partial charge in [0.1, 0.15) is 12.4 Å². The molecule has 1 aliphatic rings. The number of nitrogens with one attached hydrogen (secondary N) is 1. The van der Waals surface area contributed by atoms with E-state index >= 15 is 0 Å². The number of aliphatic hydroxyl groups excluding tert-OH is 1. The summed E-state index contributed by atoms with van der Waals surface area (Å²) in [6.07, 6.45) is 0. The van der Waals surface area contributed by atoms with Gasteiger partial charge in [-0.1, -0.05) is 11.6 Å². The van der Waals surface area contributed by atoms with Crippen molar-refractivity contribution in [2.75, 3.05) is 32.8 Å². The van der Waals surface area contributed by atoms with Crippen LogP contribution in [-0.4, -0.2) is 54.9 Å². The molecule has 0 aromatic heterocycles. The highest BCUT2D eigenvalue weighted by Crippen LogP contribution is 2.15. The number of hydrogen-bond acceptors (Lipinski definition) is 4. The van der Waals surface area contributed by atoms with Gasteiger partial charge in [-0.3, -0.25) is 4.90 Å². The minimum atomic E-state index is 0.181. The van der Waals surface area contributed by atoms with E-state index in [1.54, 1.807) is 0 Å². The van der Waals surface area contributed by atoms with Gasteiger partial charge in [-0.15, -0.1) is 0 Å². The van der Waals surface area contributed by atoms with Crippen LogP contribution in [0.1, 0.15) is 6.92 Å². The second-order valence-corrected chi connectivity index (χ2v) is 5.38. The number of benzene rings is 1. The first kappa shape index (κ1) is 14.6. The Bertz CT molecular complexity index is 386. The number of ether oxygens (including phenoxy) is 1. The van der Waals surface area contributed by atoms with Crippen LogP contribution < -0.4 is 10.1 Å². The summed E-state index contributed by atoms with van der Waals surface area (Å²) < 4.78 is 5.69. The zero-order chi connectivity index (χ0) is 13.7. The first-order valence-corrected chi connectivity index (χ1v) is 7.03. The summed E-state index contributed by atoms with van der Waals surface area (Å²) in [5, 5.41) is 13.4. The van der Waals surface area contributed by atoms with E-state index in [1.807, 2.05) is 24.3 Å². The number of nitrogens with zero attached hydrogens (tertiary/aromatic N) is 1. The summed E-state index contributed by atoms with van der Waals surface area (Å²) in [4.78, 5) is 2.27. The van der Waals surface area contributed by atoms with Gasteiger partial charge in [-0.25, -0.2) is 0 Å². The van der Waals surface area contributed by atoms with Crippen LogP contribution >= 0.6 is 11.6 Å². The third-order valence-electron chi connectivity index (χ3n) is 3.40. The maximum absolute atomic E-state index is 9.36. The van der Waals surface area contributed by atoms with Crippen LogP contribution in [0.2, 0.25) is 5.02 Å². The Balaban J connectivity index is 1.78. The predicted octanol–water partition coefficient (Wildman–Crippen LogP) is 1.37. The van der Waals surface area contributed by atoms with Crippen molar-refractivity contribution in [1.82, 2.24) is 10.2 Å². The van der Waals surface area contributed by atoms with Crippen LogP contribution in [0.15, 0.2) is 24.3 Å². The molecule has 1 fully saturated rings. The largest absolute Gasteiger partial charge is 0.492 e. The van der Waals surface area contributed by atoms with Crippen molar-refractivity contribution in [2.45, 2.75) is 19.0 Å². The summed E-state index contributed by atoms with van der Waals surface area (Å²) in [5.41, 5.74) is 0. The van der Waals surface area contributed by atoms with E-state index in [0.717, 1.165) is 25.4 Å². The van der Waals surface area contributed by atoms with Crippen molar-refractivity contribution in [2.24, 2.45) is 0 Å². The van der Waals surface area contributed by atoms with E-state index < -0.39 is 0 Å². The molecule has 1 aromatic rings. The smallest absolute Gasteiger partial charge is 0.119 e. The normalized spacial score (nSPS) is 24.4. The number of hydrogen-bond donors (Lipinski definition) is 2. The predicted molar refractivity (Wildman–Crippen MR) is 76.9 cm³/mol. The highest BCUT2D eigenvalue weighted by molar-refractivity contribution is 6.30. The molecule has 0 radical (unpaired) electrons. The molecule has 1 saturated heterocycles. The van der Waals surface area contributed by atoms with Crippen LogP contribution in [-0.2, 0) is 0 Å². The Morgan fingerprint density at radius 1 is 1.42 bits per heavy atom. The summed E-state index contributed by atoms with van der Waals surface area (Å²) in [6, 6.07) is 8.02.